The van der Waals surface area contributed by atoms with Gasteiger partial charge in [0.1, 0.15) is 0 Å². The maximum absolute atomic E-state index is 5.49. The Hall–Kier alpha value is -0.460. The van der Waals surface area contributed by atoms with Gasteiger partial charge in [0, 0.05) is 0 Å². The highest BCUT2D eigenvalue weighted by Crippen LogP contribution is 2.42. The zero-order valence-electron chi connectivity index (χ0n) is 9.18. The summed E-state index contributed by atoms with van der Waals surface area (Å²) in [5.41, 5.74) is 0.478. The first-order valence-corrected chi connectivity index (χ1v) is 5.35. The summed E-state index contributed by atoms with van der Waals surface area (Å²) in [6.45, 7) is 10.6. The number of rotatable bonds is 3. The van der Waals surface area contributed by atoms with Crippen LogP contribution in [0.25, 0.3) is 0 Å². The van der Waals surface area contributed by atoms with Crippen molar-refractivity contribution in [2.24, 2.45) is 11.3 Å². The van der Waals surface area contributed by atoms with Crippen LogP contribution in [0.3, 0.4) is 0 Å². The van der Waals surface area contributed by atoms with E-state index in [4.69, 9.17) is 4.74 Å². The normalized spacial score (nSPS) is 34.6. The summed E-state index contributed by atoms with van der Waals surface area (Å²) >= 11 is 0. The van der Waals surface area contributed by atoms with Gasteiger partial charge in [-0.25, -0.2) is 0 Å². The third kappa shape index (κ3) is 2.49. The highest BCUT2D eigenvalue weighted by molar-refractivity contribution is 4.86. The van der Waals surface area contributed by atoms with Crippen LogP contribution < -0.4 is 0 Å². The quantitative estimate of drug-likeness (QED) is 0.604. The standard InChI is InChI=1S/C12H22O/c1-5-13-11-7-6-8-12(4,9-11)10(2)3/h5,10-11H,1,6-9H2,2-4H3. The molecule has 0 heterocycles. The van der Waals surface area contributed by atoms with Crippen molar-refractivity contribution in [2.45, 2.75) is 52.6 Å². The van der Waals surface area contributed by atoms with Crippen molar-refractivity contribution in [1.29, 1.82) is 0 Å². The van der Waals surface area contributed by atoms with Crippen molar-refractivity contribution in [1.82, 2.24) is 0 Å². The third-order valence-electron chi connectivity index (χ3n) is 3.65. The van der Waals surface area contributed by atoms with Crippen LogP contribution in [-0.2, 0) is 4.74 Å². The van der Waals surface area contributed by atoms with Crippen molar-refractivity contribution in [3.8, 4) is 0 Å². The first-order chi connectivity index (χ1) is 6.08. The largest absolute Gasteiger partial charge is 0.499 e. The molecule has 2 unspecified atom stereocenters. The van der Waals surface area contributed by atoms with Crippen LogP contribution >= 0.6 is 0 Å². The van der Waals surface area contributed by atoms with E-state index in [1.807, 2.05) is 0 Å². The van der Waals surface area contributed by atoms with Gasteiger partial charge in [-0.1, -0.05) is 27.4 Å². The Bertz CT molecular complexity index is 174. The molecule has 0 aliphatic heterocycles. The molecule has 0 bridgehead atoms. The predicted octanol–water partition coefficient (Wildman–Crippen LogP) is 3.75. The van der Waals surface area contributed by atoms with E-state index in [2.05, 4.69) is 27.4 Å². The summed E-state index contributed by atoms with van der Waals surface area (Å²) in [6, 6.07) is 0. The van der Waals surface area contributed by atoms with Crippen LogP contribution in [0.4, 0.5) is 0 Å². The Kier molecular flexibility index (Phi) is 3.40. The molecule has 0 aromatic carbocycles. The molecule has 1 aliphatic carbocycles. The van der Waals surface area contributed by atoms with Gasteiger partial charge in [-0.15, -0.1) is 0 Å². The molecule has 1 rings (SSSR count). The van der Waals surface area contributed by atoms with E-state index in [0.717, 1.165) is 5.92 Å². The van der Waals surface area contributed by atoms with Gasteiger partial charge >= 0.3 is 0 Å². The molecule has 0 aromatic rings. The Labute approximate surface area is 82.2 Å². The van der Waals surface area contributed by atoms with E-state index < -0.39 is 0 Å². The van der Waals surface area contributed by atoms with Crippen molar-refractivity contribution in [2.75, 3.05) is 0 Å². The van der Waals surface area contributed by atoms with Crippen LogP contribution in [0.5, 0.6) is 0 Å². The number of ether oxygens (including phenoxy) is 1. The molecule has 13 heavy (non-hydrogen) atoms. The van der Waals surface area contributed by atoms with Gasteiger partial charge in [0.2, 0.25) is 0 Å². The molecule has 0 aromatic heterocycles. The minimum atomic E-state index is 0.415. The molecular formula is C12H22O. The van der Waals surface area contributed by atoms with Crippen molar-refractivity contribution in [3.63, 3.8) is 0 Å². The maximum Gasteiger partial charge on any atom is 0.0983 e. The van der Waals surface area contributed by atoms with Crippen molar-refractivity contribution >= 4 is 0 Å². The molecule has 0 saturated heterocycles. The molecule has 1 fully saturated rings. The molecule has 1 aliphatic rings. The third-order valence-corrected chi connectivity index (χ3v) is 3.65. The Balaban J connectivity index is 2.54. The lowest BCUT2D eigenvalue weighted by atomic mass is 9.67. The molecule has 1 saturated carbocycles. The molecule has 76 valence electrons. The molecular weight excluding hydrogens is 160 g/mol. The van der Waals surface area contributed by atoms with E-state index in [0.29, 0.717) is 11.5 Å². The first-order valence-electron chi connectivity index (χ1n) is 5.35. The van der Waals surface area contributed by atoms with Gasteiger partial charge in [0.25, 0.3) is 0 Å². The summed E-state index contributed by atoms with van der Waals surface area (Å²) in [6.07, 6.45) is 7.05. The average Bonchev–Trinajstić information content (AvgIpc) is 2.04. The van der Waals surface area contributed by atoms with E-state index >= 15 is 0 Å². The monoisotopic (exact) mass is 182 g/mol. The zero-order valence-corrected chi connectivity index (χ0v) is 9.18. The smallest absolute Gasteiger partial charge is 0.0983 e. The zero-order chi connectivity index (χ0) is 9.90. The van der Waals surface area contributed by atoms with Crippen molar-refractivity contribution in [3.05, 3.63) is 12.8 Å². The summed E-state index contributed by atoms with van der Waals surface area (Å²) in [5, 5.41) is 0. The van der Waals surface area contributed by atoms with Crippen LogP contribution in [0.1, 0.15) is 46.5 Å². The van der Waals surface area contributed by atoms with Crippen LogP contribution in [-0.4, -0.2) is 6.10 Å². The van der Waals surface area contributed by atoms with E-state index in [-0.39, 0.29) is 0 Å². The van der Waals surface area contributed by atoms with E-state index in [1.165, 1.54) is 25.7 Å². The van der Waals surface area contributed by atoms with Gasteiger partial charge in [0.15, 0.2) is 0 Å². The summed E-state index contributed by atoms with van der Waals surface area (Å²) in [7, 11) is 0. The van der Waals surface area contributed by atoms with Crippen molar-refractivity contribution < 1.29 is 4.74 Å². The predicted molar refractivity (Wildman–Crippen MR) is 56.5 cm³/mol. The Morgan fingerprint density at radius 3 is 2.77 bits per heavy atom. The lowest BCUT2D eigenvalue weighted by Crippen LogP contribution is -2.33. The fraction of sp³-hybridized carbons (Fsp3) is 0.833. The minimum Gasteiger partial charge on any atom is -0.499 e. The van der Waals surface area contributed by atoms with Gasteiger partial charge in [-0.2, -0.15) is 0 Å². The Morgan fingerprint density at radius 1 is 1.54 bits per heavy atom. The van der Waals surface area contributed by atoms with E-state index in [9.17, 15) is 0 Å². The van der Waals surface area contributed by atoms with Crippen LogP contribution in [0, 0.1) is 11.3 Å². The molecule has 2 atom stereocenters. The molecule has 0 N–H and O–H groups in total. The highest BCUT2D eigenvalue weighted by atomic mass is 16.5. The highest BCUT2D eigenvalue weighted by Gasteiger charge is 2.35. The lowest BCUT2D eigenvalue weighted by Gasteiger charge is -2.40. The average molecular weight is 182 g/mol. The molecule has 0 amide bonds. The second-order valence-corrected chi connectivity index (χ2v) is 4.83. The first kappa shape index (κ1) is 10.6. The summed E-state index contributed by atoms with van der Waals surface area (Å²) in [4.78, 5) is 0. The van der Waals surface area contributed by atoms with Gasteiger partial charge in [-0.3, -0.25) is 0 Å². The fourth-order valence-electron chi connectivity index (χ4n) is 2.23. The number of hydrogen-bond acceptors (Lipinski definition) is 1. The minimum absolute atomic E-state index is 0.415. The lowest BCUT2D eigenvalue weighted by molar-refractivity contribution is 0.0199. The molecule has 1 heteroatoms. The molecule has 0 spiro atoms. The summed E-state index contributed by atoms with van der Waals surface area (Å²) < 4.78 is 5.49. The molecule has 0 radical (unpaired) electrons. The maximum atomic E-state index is 5.49. The van der Waals surface area contributed by atoms with Gasteiger partial charge in [0.05, 0.1) is 12.4 Å². The second kappa shape index (κ2) is 4.17. The van der Waals surface area contributed by atoms with Gasteiger partial charge < -0.3 is 4.74 Å². The fourth-order valence-corrected chi connectivity index (χ4v) is 2.23. The summed E-state index contributed by atoms with van der Waals surface area (Å²) in [5.74, 6) is 0.753. The van der Waals surface area contributed by atoms with Crippen LogP contribution in [0.15, 0.2) is 12.8 Å². The van der Waals surface area contributed by atoms with E-state index in [1.54, 1.807) is 6.26 Å². The second-order valence-electron chi connectivity index (χ2n) is 4.83. The van der Waals surface area contributed by atoms with Gasteiger partial charge in [-0.05, 0) is 37.0 Å². The SMILES string of the molecule is C=COC1CCCC(C)(C(C)C)C1. The Morgan fingerprint density at radius 2 is 2.23 bits per heavy atom. The topological polar surface area (TPSA) is 9.23 Å². The number of hydrogen-bond donors (Lipinski definition) is 0. The molecule has 1 nitrogen and oxygen atoms in total. The van der Waals surface area contributed by atoms with Crippen LogP contribution in [0.2, 0.25) is 0 Å².